The molecule has 0 aromatic carbocycles. The van der Waals surface area contributed by atoms with Crippen molar-refractivity contribution >= 4 is 0 Å². The van der Waals surface area contributed by atoms with Gasteiger partial charge in [-0.05, 0) is 33.0 Å². The minimum atomic E-state index is 0.743. The Kier molecular flexibility index (Phi) is 3.87. The minimum absolute atomic E-state index is 0.743. The van der Waals surface area contributed by atoms with Gasteiger partial charge in [-0.1, -0.05) is 13.3 Å². The van der Waals surface area contributed by atoms with Crippen molar-refractivity contribution in [1.29, 1.82) is 0 Å². The van der Waals surface area contributed by atoms with Crippen LogP contribution in [0.1, 0.15) is 26.2 Å². The predicted octanol–water partition coefficient (Wildman–Crippen LogP) is 1.08. The van der Waals surface area contributed by atoms with Crippen molar-refractivity contribution in [3.05, 3.63) is 0 Å². The van der Waals surface area contributed by atoms with E-state index >= 15 is 0 Å². The van der Waals surface area contributed by atoms with Crippen molar-refractivity contribution < 1.29 is 0 Å². The smallest absolute Gasteiger partial charge is 0.0194 e. The predicted molar refractivity (Wildman–Crippen MR) is 48.8 cm³/mol. The van der Waals surface area contributed by atoms with Crippen LogP contribution in [0, 0.1) is 0 Å². The fraction of sp³-hybridized carbons (Fsp3) is 1.00. The minimum Gasteiger partial charge on any atom is -0.313 e. The number of nitrogens with zero attached hydrogens (tertiary/aromatic N) is 1. The monoisotopic (exact) mass is 156 g/mol. The molecule has 66 valence electrons. The second-order valence-electron chi connectivity index (χ2n) is 3.51. The molecule has 1 heterocycles. The van der Waals surface area contributed by atoms with Crippen LogP contribution in [0.15, 0.2) is 0 Å². The number of hydrogen-bond donors (Lipinski definition) is 1. The van der Waals surface area contributed by atoms with Crippen LogP contribution >= 0.6 is 0 Å². The zero-order valence-corrected chi connectivity index (χ0v) is 7.77. The normalized spacial score (nSPS) is 28.4. The van der Waals surface area contributed by atoms with E-state index in [2.05, 4.69) is 24.2 Å². The van der Waals surface area contributed by atoms with E-state index in [0.717, 1.165) is 12.6 Å². The van der Waals surface area contributed by atoms with Crippen molar-refractivity contribution in [3.63, 3.8) is 0 Å². The molecular formula is C9H20N2. The molecule has 0 spiro atoms. The summed E-state index contributed by atoms with van der Waals surface area (Å²) in [6.45, 7) is 5.80. The highest BCUT2D eigenvalue weighted by Gasteiger charge is 2.13. The van der Waals surface area contributed by atoms with Crippen LogP contribution in [0.25, 0.3) is 0 Å². The van der Waals surface area contributed by atoms with Crippen LogP contribution in [0.2, 0.25) is 0 Å². The van der Waals surface area contributed by atoms with E-state index in [9.17, 15) is 0 Å². The Morgan fingerprint density at radius 3 is 3.00 bits per heavy atom. The third-order valence-electron chi connectivity index (χ3n) is 2.37. The van der Waals surface area contributed by atoms with Crippen molar-refractivity contribution in [2.75, 3.05) is 26.7 Å². The van der Waals surface area contributed by atoms with Crippen LogP contribution in [0.5, 0.6) is 0 Å². The van der Waals surface area contributed by atoms with Gasteiger partial charge in [0.25, 0.3) is 0 Å². The molecule has 0 aromatic heterocycles. The Labute approximate surface area is 70.0 Å². The second kappa shape index (κ2) is 4.73. The standard InChI is InChI=1S/C9H20N2/c1-3-10-9-6-4-5-7-11(2)8-9/h9-10H,3-8H2,1-2H3. The molecule has 0 amide bonds. The Hall–Kier alpha value is -0.0800. The number of hydrogen-bond acceptors (Lipinski definition) is 2. The molecule has 0 saturated carbocycles. The summed E-state index contributed by atoms with van der Waals surface area (Å²) in [5, 5.41) is 3.51. The maximum atomic E-state index is 3.51. The number of nitrogens with one attached hydrogen (secondary N) is 1. The summed E-state index contributed by atoms with van der Waals surface area (Å²) in [7, 11) is 2.22. The summed E-state index contributed by atoms with van der Waals surface area (Å²) in [6.07, 6.45) is 4.12. The zero-order valence-electron chi connectivity index (χ0n) is 7.77. The number of likely N-dealkylation sites (tertiary alicyclic amines) is 1. The van der Waals surface area contributed by atoms with Crippen LogP contribution in [0.3, 0.4) is 0 Å². The Morgan fingerprint density at radius 2 is 2.27 bits per heavy atom. The van der Waals surface area contributed by atoms with Gasteiger partial charge in [-0.2, -0.15) is 0 Å². The van der Waals surface area contributed by atoms with E-state index in [4.69, 9.17) is 0 Å². The van der Waals surface area contributed by atoms with Crippen molar-refractivity contribution in [1.82, 2.24) is 10.2 Å². The quantitative estimate of drug-likeness (QED) is 0.643. The first kappa shape index (κ1) is 9.01. The molecular weight excluding hydrogens is 136 g/mol. The topological polar surface area (TPSA) is 15.3 Å². The first-order chi connectivity index (χ1) is 5.33. The first-order valence-electron chi connectivity index (χ1n) is 4.75. The third kappa shape index (κ3) is 3.21. The zero-order chi connectivity index (χ0) is 8.10. The lowest BCUT2D eigenvalue weighted by atomic mass is 10.1. The van der Waals surface area contributed by atoms with Crippen LogP contribution in [-0.4, -0.2) is 37.6 Å². The summed E-state index contributed by atoms with van der Waals surface area (Å²) in [5.74, 6) is 0. The van der Waals surface area contributed by atoms with Crippen molar-refractivity contribution in [2.24, 2.45) is 0 Å². The molecule has 0 aromatic rings. The van der Waals surface area contributed by atoms with Crippen LogP contribution in [-0.2, 0) is 0 Å². The SMILES string of the molecule is CCNC1CCCCN(C)C1. The Bertz CT molecular complexity index is 104. The maximum absolute atomic E-state index is 3.51. The van der Waals surface area contributed by atoms with Gasteiger partial charge >= 0.3 is 0 Å². The van der Waals surface area contributed by atoms with E-state index in [1.165, 1.54) is 32.4 Å². The molecule has 1 fully saturated rings. The van der Waals surface area contributed by atoms with E-state index in [1.807, 2.05) is 0 Å². The van der Waals surface area contributed by atoms with Gasteiger partial charge in [0.1, 0.15) is 0 Å². The summed E-state index contributed by atoms with van der Waals surface area (Å²) >= 11 is 0. The van der Waals surface area contributed by atoms with Gasteiger partial charge < -0.3 is 10.2 Å². The van der Waals surface area contributed by atoms with Gasteiger partial charge in [0.15, 0.2) is 0 Å². The summed E-state index contributed by atoms with van der Waals surface area (Å²) in [4.78, 5) is 2.43. The summed E-state index contributed by atoms with van der Waals surface area (Å²) < 4.78 is 0. The molecule has 0 bridgehead atoms. The van der Waals surface area contributed by atoms with Gasteiger partial charge in [-0.3, -0.25) is 0 Å². The van der Waals surface area contributed by atoms with Gasteiger partial charge in [-0.15, -0.1) is 0 Å². The highest BCUT2D eigenvalue weighted by Crippen LogP contribution is 2.08. The first-order valence-corrected chi connectivity index (χ1v) is 4.75. The lowest BCUT2D eigenvalue weighted by Crippen LogP contribution is -2.37. The van der Waals surface area contributed by atoms with Gasteiger partial charge in [0.2, 0.25) is 0 Å². The van der Waals surface area contributed by atoms with Gasteiger partial charge in [0, 0.05) is 12.6 Å². The van der Waals surface area contributed by atoms with E-state index in [0.29, 0.717) is 0 Å². The summed E-state index contributed by atoms with van der Waals surface area (Å²) in [6, 6.07) is 0.743. The van der Waals surface area contributed by atoms with E-state index in [1.54, 1.807) is 0 Å². The highest BCUT2D eigenvalue weighted by molar-refractivity contribution is 4.73. The maximum Gasteiger partial charge on any atom is 0.0194 e. The number of rotatable bonds is 2. The number of likely N-dealkylation sites (N-methyl/N-ethyl adjacent to an activating group) is 2. The largest absolute Gasteiger partial charge is 0.313 e. The second-order valence-corrected chi connectivity index (χ2v) is 3.51. The molecule has 0 radical (unpaired) electrons. The lowest BCUT2D eigenvalue weighted by Gasteiger charge is -2.20. The van der Waals surface area contributed by atoms with E-state index in [-0.39, 0.29) is 0 Å². The van der Waals surface area contributed by atoms with E-state index < -0.39 is 0 Å². The van der Waals surface area contributed by atoms with Crippen LogP contribution < -0.4 is 5.32 Å². The van der Waals surface area contributed by atoms with Gasteiger partial charge in [-0.25, -0.2) is 0 Å². The molecule has 1 rings (SSSR count). The highest BCUT2D eigenvalue weighted by atomic mass is 15.1. The van der Waals surface area contributed by atoms with Crippen molar-refractivity contribution in [3.8, 4) is 0 Å². The average molecular weight is 156 g/mol. The molecule has 1 aliphatic heterocycles. The lowest BCUT2D eigenvalue weighted by molar-refractivity contribution is 0.312. The molecule has 2 nitrogen and oxygen atoms in total. The molecule has 1 N–H and O–H groups in total. The molecule has 11 heavy (non-hydrogen) atoms. The Balaban J connectivity index is 2.27. The van der Waals surface area contributed by atoms with Crippen molar-refractivity contribution in [2.45, 2.75) is 32.2 Å². The summed E-state index contributed by atoms with van der Waals surface area (Å²) in [5.41, 5.74) is 0. The molecule has 1 atom stereocenters. The van der Waals surface area contributed by atoms with Gasteiger partial charge in [0.05, 0.1) is 0 Å². The third-order valence-corrected chi connectivity index (χ3v) is 2.37. The fourth-order valence-corrected chi connectivity index (χ4v) is 1.79. The molecule has 1 aliphatic rings. The molecule has 0 aliphatic carbocycles. The van der Waals surface area contributed by atoms with Crippen LogP contribution in [0.4, 0.5) is 0 Å². The molecule has 2 heteroatoms. The molecule has 1 unspecified atom stereocenters. The Morgan fingerprint density at radius 1 is 1.45 bits per heavy atom. The average Bonchev–Trinajstić information content (AvgIpc) is 2.15. The fourth-order valence-electron chi connectivity index (χ4n) is 1.79. The molecule has 1 saturated heterocycles.